The summed E-state index contributed by atoms with van der Waals surface area (Å²) >= 11 is 0. The lowest BCUT2D eigenvalue weighted by molar-refractivity contribution is -0.137. The first-order valence-electron chi connectivity index (χ1n) is 7.25. The number of aromatic nitrogens is 4. The van der Waals surface area contributed by atoms with Gasteiger partial charge in [0.2, 0.25) is 5.88 Å². The third-order valence-electron chi connectivity index (χ3n) is 4.63. The van der Waals surface area contributed by atoms with Crippen LogP contribution >= 0.6 is 0 Å². The molecular formula is C14H17N5O2. The van der Waals surface area contributed by atoms with Gasteiger partial charge in [0.1, 0.15) is 6.33 Å². The van der Waals surface area contributed by atoms with E-state index in [9.17, 15) is 4.79 Å². The van der Waals surface area contributed by atoms with Gasteiger partial charge in [-0.3, -0.25) is 9.69 Å². The van der Waals surface area contributed by atoms with Crippen LogP contribution in [0.4, 0.5) is 0 Å². The van der Waals surface area contributed by atoms with Gasteiger partial charge in [0.25, 0.3) is 0 Å². The summed E-state index contributed by atoms with van der Waals surface area (Å²) in [5.74, 6) is 1.09. The average molecular weight is 287 g/mol. The highest BCUT2D eigenvalue weighted by Gasteiger charge is 2.41. The Morgan fingerprint density at radius 3 is 2.81 bits per heavy atom. The molecule has 3 fully saturated rings. The molecule has 3 aliphatic rings. The van der Waals surface area contributed by atoms with Crippen LogP contribution in [0.3, 0.4) is 0 Å². The summed E-state index contributed by atoms with van der Waals surface area (Å²) in [7, 11) is 1.57. The van der Waals surface area contributed by atoms with Gasteiger partial charge in [0.15, 0.2) is 16.9 Å². The molecule has 0 amide bonds. The molecule has 5 heterocycles. The average Bonchev–Trinajstić information content (AvgIpc) is 2.94. The van der Waals surface area contributed by atoms with Gasteiger partial charge in [-0.1, -0.05) is 0 Å². The minimum atomic E-state index is -0.0455. The molecule has 0 saturated carbocycles. The number of ether oxygens (including phenoxy) is 1. The Kier molecular flexibility index (Phi) is 2.88. The molecule has 21 heavy (non-hydrogen) atoms. The molecule has 5 rings (SSSR count). The van der Waals surface area contributed by atoms with Crippen LogP contribution < -0.4 is 4.74 Å². The zero-order chi connectivity index (χ0) is 14.4. The molecule has 7 heteroatoms. The second-order valence-corrected chi connectivity index (χ2v) is 5.68. The summed E-state index contributed by atoms with van der Waals surface area (Å²) in [5.41, 5.74) is 1.36. The lowest BCUT2D eigenvalue weighted by Gasteiger charge is -2.44. The maximum Gasteiger partial charge on any atom is 0.245 e. The Balaban J connectivity index is 1.67. The van der Waals surface area contributed by atoms with Gasteiger partial charge < -0.3 is 9.30 Å². The fraction of sp³-hybridized carbons (Fsp3) is 0.571. The third-order valence-corrected chi connectivity index (χ3v) is 4.63. The molecule has 0 aromatic carbocycles. The van der Waals surface area contributed by atoms with Gasteiger partial charge in [-0.15, -0.1) is 0 Å². The van der Waals surface area contributed by atoms with E-state index in [0.717, 1.165) is 31.6 Å². The highest BCUT2D eigenvalue weighted by molar-refractivity contribution is 5.88. The zero-order valence-electron chi connectivity index (χ0n) is 11.9. The van der Waals surface area contributed by atoms with Gasteiger partial charge in [-0.2, -0.15) is 4.98 Å². The first kappa shape index (κ1) is 12.7. The number of nitrogens with zero attached hydrogens (tertiary/aromatic N) is 5. The number of ketones is 1. The summed E-state index contributed by atoms with van der Waals surface area (Å²) in [5, 5.41) is 0. The monoisotopic (exact) mass is 287 g/mol. The van der Waals surface area contributed by atoms with Crippen molar-refractivity contribution >= 4 is 16.9 Å². The number of imidazole rings is 1. The number of fused-ring (bicyclic) bond motifs is 4. The first-order chi connectivity index (χ1) is 10.3. The van der Waals surface area contributed by atoms with E-state index in [1.54, 1.807) is 13.4 Å². The van der Waals surface area contributed by atoms with E-state index in [-0.39, 0.29) is 12.0 Å². The fourth-order valence-corrected chi connectivity index (χ4v) is 3.48. The number of piperidine rings is 3. The smallest absolute Gasteiger partial charge is 0.245 e. The maximum absolute atomic E-state index is 12.4. The van der Waals surface area contributed by atoms with E-state index in [2.05, 4.69) is 19.9 Å². The highest BCUT2D eigenvalue weighted by atomic mass is 16.5. The normalized spacial score (nSPS) is 28.2. The minimum Gasteiger partial charge on any atom is -0.479 e. The van der Waals surface area contributed by atoms with E-state index < -0.39 is 0 Å². The first-order valence-corrected chi connectivity index (χ1v) is 7.25. The second-order valence-electron chi connectivity index (χ2n) is 5.68. The van der Waals surface area contributed by atoms with Crippen molar-refractivity contribution in [1.82, 2.24) is 24.4 Å². The van der Waals surface area contributed by atoms with E-state index >= 15 is 0 Å². The second kappa shape index (κ2) is 4.77. The highest BCUT2D eigenvalue weighted by Crippen LogP contribution is 2.30. The lowest BCUT2D eigenvalue weighted by Crippen LogP contribution is -2.56. The Bertz CT molecular complexity index is 690. The molecule has 1 atom stereocenters. The van der Waals surface area contributed by atoms with Crippen molar-refractivity contribution in [3.63, 3.8) is 0 Å². The van der Waals surface area contributed by atoms with E-state index in [4.69, 9.17) is 4.74 Å². The molecule has 0 aliphatic carbocycles. The molecule has 3 aliphatic heterocycles. The van der Waals surface area contributed by atoms with Crippen molar-refractivity contribution in [1.29, 1.82) is 0 Å². The van der Waals surface area contributed by atoms with Crippen LogP contribution in [0.25, 0.3) is 11.2 Å². The number of carbonyl (C=O) groups excluding carboxylic acids is 1. The van der Waals surface area contributed by atoms with Crippen LogP contribution in [0.1, 0.15) is 12.8 Å². The van der Waals surface area contributed by atoms with Crippen LogP contribution in [0, 0.1) is 5.92 Å². The van der Waals surface area contributed by atoms with Crippen LogP contribution in [0.15, 0.2) is 12.7 Å². The van der Waals surface area contributed by atoms with Crippen molar-refractivity contribution in [2.24, 2.45) is 5.92 Å². The predicted octanol–water partition coefficient (Wildman–Crippen LogP) is 0.498. The summed E-state index contributed by atoms with van der Waals surface area (Å²) in [6, 6.07) is -0.0455. The lowest BCUT2D eigenvalue weighted by atomic mass is 9.82. The Morgan fingerprint density at radius 2 is 2.10 bits per heavy atom. The maximum atomic E-state index is 12.4. The summed E-state index contributed by atoms with van der Waals surface area (Å²) < 4.78 is 7.13. The number of rotatable bonds is 3. The topological polar surface area (TPSA) is 73.1 Å². The molecule has 0 radical (unpaired) electrons. The van der Waals surface area contributed by atoms with Crippen LogP contribution in [0.2, 0.25) is 0 Å². The molecule has 2 aromatic rings. The van der Waals surface area contributed by atoms with E-state index in [1.165, 1.54) is 6.33 Å². The van der Waals surface area contributed by atoms with Gasteiger partial charge in [-0.25, -0.2) is 9.97 Å². The Morgan fingerprint density at radius 1 is 1.29 bits per heavy atom. The largest absolute Gasteiger partial charge is 0.479 e. The number of Topliss-reactive ketones (excluding diaryl/α,β-unsaturated/α-hetero) is 1. The molecule has 7 nitrogen and oxygen atoms in total. The molecule has 2 aromatic heterocycles. The van der Waals surface area contributed by atoms with Crippen LogP contribution in [-0.2, 0) is 11.3 Å². The summed E-state index contributed by atoms with van der Waals surface area (Å²) in [4.78, 5) is 27.4. The van der Waals surface area contributed by atoms with Crippen molar-refractivity contribution in [3.05, 3.63) is 12.7 Å². The summed E-state index contributed by atoms with van der Waals surface area (Å²) in [6.07, 6.45) is 5.21. The minimum absolute atomic E-state index is 0.0455. The number of hydrogen-bond donors (Lipinski definition) is 0. The van der Waals surface area contributed by atoms with E-state index in [1.807, 2.05) is 4.57 Å². The fourth-order valence-electron chi connectivity index (χ4n) is 3.48. The van der Waals surface area contributed by atoms with Crippen molar-refractivity contribution in [2.75, 3.05) is 20.2 Å². The third kappa shape index (κ3) is 1.91. The van der Waals surface area contributed by atoms with Gasteiger partial charge in [0, 0.05) is 12.5 Å². The number of methoxy groups -OCH3 is 1. The van der Waals surface area contributed by atoms with Crippen LogP contribution in [-0.4, -0.2) is 56.4 Å². The van der Waals surface area contributed by atoms with Gasteiger partial charge >= 0.3 is 0 Å². The molecular weight excluding hydrogens is 270 g/mol. The predicted molar refractivity (Wildman–Crippen MR) is 75.0 cm³/mol. The number of carbonyl (C=O) groups is 1. The molecule has 3 saturated heterocycles. The molecule has 2 bridgehead atoms. The molecule has 0 spiro atoms. The van der Waals surface area contributed by atoms with Crippen molar-refractivity contribution < 1.29 is 9.53 Å². The molecule has 0 N–H and O–H groups in total. The molecule has 1 unspecified atom stereocenters. The number of hydrogen-bond acceptors (Lipinski definition) is 6. The standard InChI is InChI=1S/C14H17N5O2/c1-21-14-11-13(15-7-16-14)19(8-17-11)6-10-12(20)9-2-4-18(10)5-3-9/h7-10H,2-6H2,1H3. The van der Waals surface area contributed by atoms with E-state index in [0.29, 0.717) is 23.7 Å². The Labute approximate surface area is 121 Å². The quantitative estimate of drug-likeness (QED) is 0.818. The molecule has 110 valence electrons. The van der Waals surface area contributed by atoms with Gasteiger partial charge in [-0.05, 0) is 25.9 Å². The van der Waals surface area contributed by atoms with Gasteiger partial charge in [0.05, 0.1) is 19.5 Å². The zero-order valence-corrected chi connectivity index (χ0v) is 11.9. The van der Waals surface area contributed by atoms with Crippen molar-refractivity contribution in [2.45, 2.75) is 25.4 Å². The Hall–Kier alpha value is -2.02. The SMILES string of the molecule is COc1ncnc2c1ncn2CC1C(=O)C2CCN1CC2. The van der Waals surface area contributed by atoms with Crippen LogP contribution in [0.5, 0.6) is 5.88 Å². The van der Waals surface area contributed by atoms with Crippen molar-refractivity contribution in [3.8, 4) is 5.88 Å². The summed E-state index contributed by atoms with van der Waals surface area (Å²) in [6.45, 7) is 2.64.